The van der Waals surface area contributed by atoms with Crippen molar-refractivity contribution in [1.82, 2.24) is 14.6 Å². The largest absolute Gasteiger partial charge is 0.444 e. The fourth-order valence-electron chi connectivity index (χ4n) is 2.99. The van der Waals surface area contributed by atoms with E-state index in [-0.39, 0.29) is 11.7 Å². The monoisotopic (exact) mass is 319 g/mol. The zero-order valence-electron chi connectivity index (χ0n) is 13.8. The van der Waals surface area contributed by atoms with Gasteiger partial charge in [-0.25, -0.2) is 9.59 Å². The van der Waals surface area contributed by atoms with Crippen LogP contribution in [0.15, 0.2) is 23.0 Å². The SMILES string of the molecule is COn1c(=O)n2c3c(cccc31)C[C@@H](NC(=O)OC(C)(C)C)C2. The summed E-state index contributed by atoms with van der Waals surface area (Å²) in [6.45, 7) is 5.84. The van der Waals surface area contributed by atoms with Gasteiger partial charge in [-0.05, 0) is 38.8 Å². The second kappa shape index (κ2) is 5.33. The Hall–Kier alpha value is -2.44. The fourth-order valence-corrected chi connectivity index (χ4v) is 2.99. The Kier molecular flexibility index (Phi) is 3.58. The number of nitrogens with one attached hydrogen (secondary N) is 1. The van der Waals surface area contributed by atoms with Gasteiger partial charge in [-0.3, -0.25) is 4.57 Å². The fraction of sp³-hybridized carbons (Fsp3) is 0.500. The van der Waals surface area contributed by atoms with Crippen molar-refractivity contribution in [2.24, 2.45) is 0 Å². The molecule has 2 heterocycles. The standard InChI is InChI=1S/C16H21N3O4/c1-16(2,3)23-14(20)17-11-8-10-6-5-7-12-13(10)18(9-11)15(21)19(12)22-4/h5-7,11H,8-9H2,1-4H3,(H,17,20)/t11-/m1/s1. The van der Waals surface area contributed by atoms with Crippen LogP contribution in [0.2, 0.25) is 0 Å². The number of imidazole rings is 1. The summed E-state index contributed by atoms with van der Waals surface area (Å²) in [6.07, 6.45) is 0.168. The molecule has 3 rings (SSSR count). The van der Waals surface area contributed by atoms with E-state index in [2.05, 4.69) is 5.32 Å². The van der Waals surface area contributed by atoms with Crippen molar-refractivity contribution in [3.8, 4) is 0 Å². The van der Waals surface area contributed by atoms with E-state index in [0.29, 0.717) is 13.0 Å². The number of aromatic nitrogens is 2. The molecule has 0 spiro atoms. The highest BCUT2D eigenvalue weighted by Crippen LogP contribution is 2.24. The van der Waals surface area contributed by atoms with E-state index < -0.39 is 11.7 Å². The quantitative estimate of drug-likeness (QED) is 0.906. The Labute approximate surface area is 133 Å². The van der Waals surface area contributed by atoms with Crippen molar-refractivity contribution in [2.75, 3.05) is 7.11 Å². The van der Waals surface area contributed by atoms with Crippen LogP contribution in [-0.2, 0) is 17.7 Å². The van der Waals surface area contributed by atoms with E-state index >= 15 is 0 Å². The predicted molar refractivity (Wildman–Crippen MR) is 85.6 cm³/mol. The Morgan fingerprint density at radius 3 is 2.74 bits per heavy atom. The maximum absolute atomic E-state index is 12.5. The molecular formula is C16H21N3O4. The predicted octanol–water partition coefficient (Wildman–Crippen LogP) is 1.31. The molecule has 0 aliphatic carbocycles. The van der Waals surface area contributed by atoms with E-state index in [9.17, 15) is 9.59 Å². The van der Waals surface area contributed by atoms with Crippen LogP contribution in [0.5, 0.6) is 0 Å². The Bertz CT molecular complexity index is 813. The Morgan fingerprint density at radius 2 is 2.09 bits per heavy atom. The molecule has 2 aromatic rings. The molecule has 7 heteroatoms. The van der Waals surface area contributed by atoms with Crippen LogP contribution < -0.4 is 15.8 Å². The van der Waals surface area contributed by atoms with Crippen molar-refractivity contribution in [2.45, 2.75) is 45.4 Å². The van der Waals surface area contributed by atoms with Crippen LogP contribution in [0.1, 0.15) is 26.3 Å². The van der Waals surface area contributed by atoms with Crippen LogP contribution in [0, 0.1) is 0 Å². The maximum Gasteiger partial charge on any atom is 0.407 e. The number of nitrogens with zero attached hydrogens (tertiary/aromatic N) is 2. The molecule has 0 fully saturated rings. The van der Waals surface area contributed by atoms with E-state index in [1.807, 2.05) is 39.0 Å². The molecule has 1 amide bonds. The molecule has 1 atom stereocenters. The van der Waals surface area contributed by atoms with Crippen molar-refractivity contribution >= 4 is 17.1 Å². The number of amides is 1. The van der Waals surface area contributed by atoms with Gasteiger partial charge in [0.25, 0.3) is 0 Å². The zero-order chi connectivity index (χ0) is 16.8. The third-order valence-corrected chi connectivity index (χ3v) is 3.76. The molecule has 1 aliphatic rings. The summed E-state index contributed by atoms with van der Waals surface area (Å²) >= 11 is 0. The highest BCUT2D eigenvalue weighted by atomic mass is 16.7. The first-order chi connectivity index (χ1) is 10.8. The van der Waals surface area contributed by atoms with Gasteiger partial charge >= 0.3 is 11.8 Å². The van der Waals surface area contributed by atoms with Gasteiger partial charge in [0.2, 0.25) is 0 Å². The molecule has 0 radical (unpaired) electrons. The summed E-state index contributed by atoms with van der Waals surface area (Å²) in [5, 5.41) is 2.84. The van der Waals surface area contributed by atoms with Crippen LogP contribution in [0.3, 0.4) is 0 Å². The number of para-hydroxylation sites is 1. The molecule has 1 aliphatic heterocycles. The lowest BCUT2D eigenvalue weighted by Gasteiger charge is -2.26. The first-order valence-corrected chi connectivity index (χ1v) is 7.57. The van der Waals surface area contributed by atoms with Gasteiger partial charge in [-0.2, -0.15) is 0 Å². The van der Waals surface area contributed by atoms with Gasteiger partial charge in [0.1, 0.15) is 18.2 Å². The van der Waals surface area contributed by atoms with Crippen molar-refractivity contribution in [1.29, 1.82) is 0 Å². The van der Waals surface area contributed by atoms with Gasteiger partial charge in [-0.15, -0.1) is 4.73 Å². The maximum atomic E-state index is 12.5. The molecule has 0 bridgehead atoms. The second-order valence-corrected chi connectivity index (χ2v) is 6.70. The Balaban J connectivity index is 1.90. The summed E-state index contributed by atoms with van der Waals surface area (Å²) in [4.78, 5) is 29.6. The normalized spacial score (nSPS) is 17.1. The summed E-state index contributed by atoms with van der Waals surface area (Å²) in [6, 6.07) is 5.49. The number of carbonyl (C=O) groups is 1. The molecular weight excluding hydrogens is 298 g/mol. The highest BCUT2D eigenvalue weighted by molar-refractivity contribution is 5.80. The molecule has 0 saturated heterocycles. The lowest BCUT2D eigenvalue weighted by molar-refractivity contribution is 0.0498. The van der Waals surface area contributed by atoms with E-state index in [0.717, 1.165) is 16.6 Å². The van der Waals surface area contributed by atoms with E-state index in [4.69, 9.17) is 9.57 Å². The van der Waals surface area contributed by atoms with Gasteiger partial charge in [0, 0.05) is 6.54 Å². The smallest absolute Gasteiger partial charge is 0.407 e. The van der Waals surface area contributed by atoms with Gasteiger partial charge < -0.3 is 14.9 Å². The van der Waals surface area contributed by atoms with Crippen molar-refractivity contribution < 1.29 is 14.4 Å². The molecule has 0 unspecified atom stereocenters. The number of hydrogen-bond donors (Lipinski definition) is 1. The van der Waals surface area contributed by atoms with Crippen molar-refractivity contribution in [3.63, 3.8) is 0 Å². The molecule has 124 valence electrons. The average Bonchev–Trinajstić information content (AvgIpc) is 2.71. The zero-order valence-corrected chi connectivity index (χ0v) is 13.8. The van der Waals surface area contributed by atoms with Gasteiger partial charge in [0.05, 0.1) is 11.6 Å². The number of hydrogen-bond acceptors (Lipinski definition) is 4. The van der Waals surface area contributed by atoms with Crippen LogP contribution in [-0.4, -0.2) is 34.1 Å². The van der Waals surface area contributed by atoms with Crippen LogP contribution >= 0.6 is 0 Å². The molecule has 7 nitrogen and oxygen atoms in total. The molecule has 23 heavy (non-hydrogen) atoms. The molecule has 1 aromatic heterocycles. The number of ether oxygens (including phenoxy) is 1. The lowest BCUT2D eigenvalue weighted by Crippen LogP contribution is -2.45. The minimum Gasteiger partial charge on any atom is -0.444 e. The Morgan fingerprint density at radius 1 is 1.35 bits per heavy atom. The van der Waals surface area contributed by atoms with Gasteiger partial charge in [-0.1, -0.05) is 12.1 Å². The number of rotatable bonds is 2. The summed E-state index contributed by atoms with van der Waals surface area (Å²) in [5.41, 5.74) is 1.81. The minimum atomic E-state index is -0.555. The van der Waals surface area contributed by atoms with Gasteiger partial charge in [0.15, 0.2) is 0 Å². The molecule has 1 N–H and O–H groups in total. The minimum absolute atomic E-state index is 0.201. The van der Waals surface area contributed by atoms with Crippen LogP contribution in [0.25, 0.3) is 11.0 Å². The summed E-state index contributed by atoms with van der Waals surface area (Å²) < 4.78 is 8.20. The van der Waals surface area contributed by atoms with Crippen molar-refractivity contribution in [3.05, 3.63) is 34.2 Å². The summed E-state index contributed by atoms with van der Waals surface area (Å²) in [5.74, 6) is 0. The lowest BCUT2D eigenvalue weighted by atomic mass is 10.0. The number of carbonyl (C=O) groups excluding carboxylic acids is 1. The second-order valence-electron chi connectivity index (χ2n) is 6.70. The van der Waals surface area contributed by atoms with E-state index in [1.165, 1.54) is 11.8 Å². The molecule has 1 aromatic carbocycles. The first-order valence-electron chi connectivity index (χ1n) is 7.57. The van der Waals surface area contributed by atoms with E-state index in [1.54, 1.807) is 4.57 Å². The topological polar surface area (TPSA) is 74.5 Å². The van der Waals surface area contributed by atoms with Crippen LogP contribution in [0.4, 0.5) is 4.79 Å². The third kappa shape index (κ3) is 2.78. The molecule has 0 saturated carbocycles. The first kappa shape index (κ1) is 15.5. The number of benzene rings is 1. The highest BCUT2D eigenvalue weighted by Gasteiger charge is 2.27. The third-order valence-electron chi connectivity index (χ3n) is 3.76. The summed E-state index contributed by atoms with van der Waals surface area (Å²) in [7, 11) is 1.46. The average molecular weight is 319 g/mol. The number of alkyl carbamates (subject to hydrolysis) is 1.